The number of oxazole rings is 1. The van der Waals surface area contributed by atoms with Crippen molar-refractivity contribution in [2.24, 2.45) is 0 Å². The van der Waals surface area contributed by atoms with Crippen molar-refractivity contribution in [1.29, 1.82) is 0 Å². The van der Waals surface area contributed by atoms with Crippen molar-refractivity contribution in [3.05, 3.63) is 24.3 Å². The summed E-state index contributed by atoms with van der Waals surface area (Å²) in [6, 6.07) is 7.90. The van der Waals surface area contributed by atoms with E-state index in [1.165, 1.54) is 0 Å². The van der Waals surface area contributed by atoms with Crippen molar-refractivity contribution >= 4 is 35.5 Å². The molecule has 0 fully saturated rings. The molecule has 0 aliphatic carbocycles. The van der Waals surface area contributed by atoms with Gasteiger partial charge in [-0.25, -0.2) is 0 Å². The van der Waals surface area contributed by atoms with Crippen LogP contribution in [0, 0.1) is 0 Å². The fourth-order valence-electron chi connectivity index (χ4n) is 1.38. The van der Waals surface area contributed by atoms with Gasteiger partial charge in [-0.05, 0) is 18.6 Å². The molecule has 17 heavy (non-hydrogen) atoms. The first-order valence-electron chi connectivity index (χ1n) is 5.07. The lowest BCUT2D eigenvalue weighted by atomic mass is 10.3. The summed E-state index contributed by atoms with van der Waals surface area (Å²) in [6.07, 6.45) is 0.696. The highest BCUT2D eigenvalue weighted by Gasteiger charge is 2.03. The van der Waals surface area contributed by atoms with Gasteiger partial charge < -0.3 is 14.8 Å². The highest BCUT2D eigenvalue weighted by Crippen LogP contribution is 2.17. The Morgan fingerprint density at radius 3 is 2.88 bits per heavy atom. The number of para-hydroxylation sites is 2. The van der Waals surface area contributed by atoms with E-state index in [0.29, 0.717) is 19.0 Å². The molecule has 0 bridgehead atoms. The molecule has 1 aromatic carbocycles. The van der Waals surface area contributed by atoms with Crippen LogP contribution >= 0.6 is 12.4 Å². The Hall–Kier alpha value is -1.75. The van der Waals surface area contributed by atoms with Crippen molar-refractivity contribution < 1.29 is 14.3 Å². The monoisotopic (exact) mass is 256 g/mol. The lowest BCUT2D eigenvalue weighted by molar-refractivity contribution is -0.137. The Morgan fingerprint density at radius 2 is 2.18 bits per heavy atom. The zero-order valence-electron chi connectivity index (χ0n) is 9.05. The van der Waals surface area contributed by atoms with Crippen LogP contribution in [0.2, 0.25) is 0 Å². The SMILES string of the molecule is Cl.O=C(O)CCCNc1nc2ccccc2o1. The van der Waals surface area contributed by atoms with Gasteiger partial charge in [0.25, 0.3) is 6.01 Å². The van der Waals surface area contributed by atoms with E-state index in [9.17, 15) is 4.79 Å². The number of hydrogen-bond acceptors (Lipinski definition) is 4. The molecule has 1 heterocycles. The Morgan fingerprint density at radius 1 is 1.41 bits per heavy atom. The number of aliphatic carboxylic acids is 1. The number of rotatable bonds is 5. The summed E-state index contributed by atoms with van der Waals surface area (Å²) in [7, 11) is 0. The number of aromatic nitrogens is 1. The molecule has 0 amide bonds. The predicted octanol–water partition coefficient (Wildman–Crippen LogP) is 2.53. The van der Waals surface area contributed by atoms with Crippen LogP contribution in [-0.2, 0) is 4.79 Å². The summed E-state index contributed by atoms with van der Waals surface area (Å²) in [5.74, 6) is -0.792. The molecular formula is C11H13ClN2O3. The van der Waals surface area contributed by atoms with E-state index >= 15 is 0 Å². The number of benzene rings is 1. The first-order chi connectivity index (χ1) is 7.75. The van der Waals surface area contributed by atoms with E-state index in [4.69, 9.17) is 9.52 Å². The zero-order chi connectivity index (χ0) is 11.4. The first-order valence-corrected chi connectivity index (χ1v) is 5.07. The maximum Gasteiger partial charge on any atom is 0.303 e. The molecule has 0 atom stereocenters. The first kappa shape index (κ1) is 13.3. The normalized spacial score (nSPS) is 9.88. The summed E-state index contributed by atoms with van der Waals surface area (Å²) >= 11 is 0. The summed E-state index contributed by atoms with van der Waals surface area (Å²) in [4.78, 5) is 14.5. The number of nitrogens with zero attached hydrogens (tertiary/aromatic N) is 1. The van der Waals surface area contributed by atoms with Crippen molar-refractivity contribution in [2.45, 2.75) is 12.8 Å². The number of fused-ring (bicyclic) bond motifs is 1. The van der Waals surface area contributed by atoms with Crippen molar-refractivity contribution in [1.82, 2.24) is 4.98 Å². The molecule has 0 spiro atoms. The molecule has 6 heteroatoms. The predicted molar refractivity (Wildman–Crippen MR) is 66.6 cm³/mol. The summed E-state index contributed by atoms with van der Waals surface area (Å²) < 4.78 is 5.41. The van der Waals surface area contributed by atoms with Gasteiger partial charge in [-0.15, -0.1) is 12.4 Å². The van der Waals surface area contributed by atoms with Gasteiger partial charge in [0.05, 0.1) is 0 Å². The molecule has 2 rings (SSSR count). The summed E-state index contributed by atoms with van der Waals surface area (Å²) in [5.41, 5.74) is 1.52. The van der Waals surface area contributed by atoms with E-state index in [1.54, 1.807) is 0 Å². The number of carbonyl (C=O) groups is 1. The second-order valence-corrected chi connectivity index (χ2v) is 3.41. The van der Waals surface area contributed by atoms with E-state index in [-0.39, 0.29) is 18.8 Å². The Labute approximate surface area is 104 Å². The van der Waals surface area contributed by atoms with E-state index in [2.05, 4.69) is 10.3 Å². The fraction of sp³-hybridized carbons (Fsp3) is 0.273. The molecule has 0 saturated heterocycles. The average molecular weight is 257 g/mol. The zero-order valence-corrected chi connectivity index (χ0v) is 9.87. The van der Waals surface area contributed by atoms with Crippen LogP contribution in [0.15, 0.2) is 28.7 Å². The number of hydrogen-bond donors (Lipinski definition) is 2. The molecule has 1 aromatic heterocycles. The number of carboxylic acid groups (broad SMARTS) is 1. The number of halogens is 1. The number of nitrogens with one attached hydrogen (secondary N) is 1. The Bertz CT molecular complexity index is 465. The van der Waals surface area contributed by atoms with Gasteiger partial charge in [-0.2, -0.15) is 4.98 Å². The quantitative estimate of drug-likeness (QED) is 0.804. The van der Waals surface area contributed by atoms with Gasteiger partial charge in [0.1, 0.15) is 5.52 Å². The molecular weight excluding hydrogens is 244 g/mol. The van der Waals surface area contributed by atoms with Gasteiger partial charge in [-0.3, -0.25) is 4.79 Å². The highest BCUT2D eigenvalue weighted by molar-refractivity contribution is 5.85. The number of anilines is 1. The molecule has 0 radical (unpaired) electrons. The third-order valence-electron chi connectivity index (χ3n) is 2.14. The summed E-state index contributed by atoms with van der Waals surface area (Å²) in [6.45, 7) is 0.541. The third kappa shape index (κ3) is 3.64. The molecule has 0 unspecified atom stereocenters. The maximum absolute atomic E-state index is 10.3. The molecule has 2 N–H and O–H groups in total. The van der Waals surface area contributed by atoms with Crippen LogP contribution in [0.5, 0.6) is 0 Å². The minimum Gasteiger partial charge on any atom is -0.481 e. The van der Waals surface area contributed by atoms with Gasteiger partial charge in [0, 0.05) is 13.0 Å². The van der Waals surface area contributed by atoms with Crippen LogP contribution < -0.4 is 5.32 Å². The van der Waals surface area contributed by atoms with E-state index in [0.717, 1.165) is 11.1 Å². The van der Waals surface area contributed by atoms with Crippen LogP contribution in [-0.4, -0.2) is 22.6 Å². The minimum atomic E-state index is -0.792. The summed E-state index contributed by atoms with van der Waals surface area (Å²) in [5, 5.41) is 11.4. The van der Waals surface area contributed by atoms with Gasteiger partial charge >= 0.3 is 5.97 Å². The fourth-order valence-corrected chi connectivity index (χ4v) is 1.38. The smallest absolute Gasteiger partial charge is 0.303 e. The molecule has 0 aliphatic heterocycles. The van der Waals surface area contributed by atoms with Crippen molar-refractivity contribution in [3.63, 3.8) is 0 Å². The molecule has 0 saturated carbocycles. The van der Waals surface area contributed by atoms with Gasteiger partial charge in [-0.1, -0.05) is 12.1 Å². The molecule has 5 nitrogen and oxygen atoms in total. The standard InChI is InChI=1S/C11H12N2O3.ClH/c14-10(15)6-3-7-12-11-13-8-4-1-2-5-9(8)16-11;/h1-2,4-5H,3,6-7H2,(H,12,13)(H,14,15);1H. The topological polar surface area (TPSA) is 75.4 Å². The third-order valence-corrected chi connectivity index (χ3v) is 2.14. The molecule has 0 aliphatic rings. The lowest BCUT2D eigenvalue weighted by Crippen LogP contribution is -2.04. The van der Waals surface area contributed by atoms with Crippen LogP contribution in [0.4, 0.5) is 6.01 Å². The molecule has 2 aromatic rings. The van der Waals surface area contributed by atoms with Crippen molar-refractivity contribution in [3.8, 4) is 0 Å². The molecule has 92 valence electrons. The Kier molecular flexibility index (Phi) is 4.78. The van der Waals surface area contributed by atoms with Crippen LogP contribution in [0.1, 0.15) is 12.8 Å². The maximum atomic E-state index is 10.3. The van der Waals surface area contributed by atoms with Crippen molar-refractivity contribution in [2.75, 3.05) is 11.9 Å². The largest absolute Gasteiger partial charge is 0.481 e. The minimum absolute atomic E-state index is 0. The second-order valence-electron chi connectivity index (χ2n) is 3.41. The highest BCUT2D eigenvalue weighted by atomic mass is 35.5. The van der Waals surface area contributed by atoms with Gasteiger partial charge in [0.2, 0.25) is 0 Å². The van der Waals surface area contributed by atoms with Gasteiger partial charge in [0.15, 0.2) is 5.58 Å². The van der Waals surface area contributed by atoms with E-state index < -0.39 is 5.97 Å². The van der Waals surface area contributed by atoms with Crippen LogP contribution in [0.25, 0.3) is 11.1 Å². The van der Waals surface area contributed by atoms with Crippen LogP contribution in [0.3, 0.4) is 0 Å². The second kappa shape index (κ2) is 6.10. The number of carboxylic acids is 1. The lowest BCUT2D eigenvalue weighted by Gasteiger charge is -1.98. The van der Waals surface area contributed by atoms with E-state index in [1.807, 2.05) is 24.3 Å². The Balaban J connectivity index is 0.00000144. The average Bonchev–Trinajstić information content (AvgIpc) is 2.66.